The van der Waals surface area contributed by atoms with Crippen LogP contribution in [0.15, 0.2) is 42.5 Å². The summed E-state index contributed by atoms with van der Waals surface area (Å²) in [5.41, 5.74) is 2.75. The number of aromatic nitrogens is 1. The van der Waals surface area contributed by atoms with Crippen LogP contribution in [-0.4, -0.2) is 10.5 Å². The summed E-state index contributed by atoms with van der Waals surface area (Å²) < 4.78 is 2.13. The quantitative estimate of drug-likeness (QED) is 0.890. The normalized spacial score (nSPS) is 14.4. The molecule has 2 aromatic rings. The van der Waals surface area contributed by atoms with Crippen LogP contribution in [-0.2, 0) is 6.54 Å². The van der Waals surface area contributed by atoms with Gasteiger partial charge in [0.25, 0.3) is 5.91 Å². The van der Waals surface area contributed by atoms with Crippen molar-refractivity contribution < 1.29 is 4.79 Å². The fourth-order valence-electron chi connectivity index (χ4n) is 2.29. The highest BCUT2D eigenvalue weighted by Gasteiger charge is 2.24. The highest BCUT2D eigenvalue weighted by Crippen LogP contribution is 2.31. The van der Waals surface area contributed by atoms with Crippen LogP contribution < -0.4 is 5.32 Å². The van der Waals surface area contributed by atoms with E-state index < -0.39 is 0 Å². The Morgan fingerprint density at radius 3 is 2.63 bits per heavy atom. The zero-order chi connectivity index (χ0) is 13.2. The largest absolute Gasteiger partial charge is 0.341 e. The lowest BCUT2D eigenvalue weighted by Crippen LogP contribution is -2.18. The van der Waals surface area contributed by atoms with Crippen molar-refractivity contribution in [2.45, 2.75) is 26.3 Å². The summed E-state index contributed by atoms with van der Waals surface area (Å²) in [4.78, 5) is 12.3. The smallest absolute Gasteiger partial charge is 0.272 e. The van der Waals surface area contributed by atoms with Gasteiger partial charge in [-0.25, -0.2) is 0 Å². The highest BCUT2D eigenvalue weighted by molar-refractivity contribution is 6.03. The molecule has 3 rings (SSSR count). The summed E-state index contributed by atoms with van der Waals surface area (Å²) in [6.45, 7) is 3.03. The first-order valence-electron chi connectivity index (χ1n) is 6.76. The second-order valence-electron chi connectivity index (χ2n) is 5.23. The number of aryl methyl sites for hydroxylation is 1. The van der Waals surface area contributed by atoms with Gasteiger partial charge in [-0.05, 0) is 49.9 Å². The maximum Gasteiger partial charge on any atom is 0.272 e. The molecule has 1 amide bonds. The number of nitrogens with one attached hydrogen (secondary N) is 1. The van der Waals surface area contributed by atoms with Crippen molar-refractivity contribution in [2.75, 3.05) is 5.32 Å². The van der Waals surface area contributed by atoms with E-state index in [0.717, 1.165) is 29.5 Å². The summed E-state index contributed by atoms with van der Waals surface area (Å²) in [5, 5.41) is 2.95. The average Bonchev–Trinajstić information content (AvgIpc) is 3.15. The summed E-state index contributed by atoms with van der Waals surface area (Å²) in [5.74, 6) is 0.731. The first-order chi connectivity index (χ1) is 9.24. The van der Waals surface area contributed by atoms with Crippen molar-refractivity contribution >= 4 is 11.6 Å². The molecule has 3 heteroatoms. The Bertz CT molecular complexity index is 582. The molecule has 1 fully saturated rings. The third kappa shape index (κ3) is 2.70. The van der Waals surface area contributed by atoms with Gasteiger partial charge in [-0.3, -0.25) is 4.79 Å². The molecule has 1 saturated carbocycles. The molecule has 0 bridgehead atoms. The van der Waals surface area contributed by atoms with Gasteiger partial charge in [-0.1, -0.05) is 18.2 Å². The number of nitrogens with zero attached hydrogens (tertiary/aromatic N) is 1. The van der Waals surface area contributed by atoms with Crippen LogP contribution in [0.2, 0.25) is 0 Å². The SMILES string of the molecule is Cc1ccc(C(=O)Nc2ccccc2)n1CC1CC1. The molecule has 3 nitrogen and oxygen atoms in total. The van der Waals surface area contributed by atoms with Crippen molar-refractivity contribution in [2.24, 2.45) is 5.92 Å². The topological polar surface area (TPSA) is 34.0 Å². The van der Waals surface area contributed by atoms with Crippen molar-refractivity contribution in [1.82, 2.24) is 4.57 Å². The van der Waals surface area contributed by atoms with Crippen LogP contribution in [0.5, 0.6) is 0 Å². The van der Waals surface area contributed by atoms with E-state index in [2.05, 4.69) is 16.8 Å². The average molecular weight is 254 g/mol. The van der Waals surface area contributed by atoms with Crippen molar-refractivity contribution in [1.29, 1.82) is 0 Å². The number of benzene rings is 1. The molecule has 1 N–H and O–H groups in total. The van der Waals surface area contributed by atoms with Crippen molar-refractivity contribution in [3.63, 3.8) is 0 Å². The Hall–Kier alpha value is -2.03. The van der Waals surface area contributed by atoms with Gasteiger partial charge in [0.1, 0.15) is 5.69 Å². The van der Waals surface area contributed by atoms with Crippen LogP contribution in [0.3, 0.4) is 0 Å². The lowest BCUT2D eigenvalue weighted by molar-refractivity contribution is 0.101. The van der Waals surface area contributed by atoms with Crippen molar-refractivity contribution in [3.8, 4) is 0 Å². The van der Waals surface area contributed by atoms with Gasteiger partial charge >= 0.3 is 0 Å². The van der Waals surface area contributed by atoms with E-state index in [9.17, 15) is 4.79 Å². The lowest BCUT2D eigenvalue weighted by atomic mass is 10.3. The zero-order valence-electron chi connectivity index (χ0n) is 11.1. The minimum atomic E-state index is -0.0278. The number of carbonyl (C=O) groups excluding carboxylic acids is 1. The van der Waals surface area contributed by atoms with E-state index in [1.807, 2.05) is 42.5 Å². The monoisotopic (exact) mass is 254 g/mol. The molecule has 0 unspecified atom stereocenters. The predicted molar refractivity (Wildman–Crippen MR) is 76.3 cm³/mol. The molecule has 0 atom stereocenters. The van der Waals surface area contributed by atoms with Gasteiger partial charge in [-0.15, -0.1) is 0 Å². The second-order valence-corrected chi connectivity index (χ2v) is 5.23. The molecule has 1 aliphatic carbocycles. The molecule has 0 radical (unpaired) electrons. The molecule has 0 saturated heterocycles. The molecule has 0 aliphatic heterocycles. The van der Waals surface area contributed by atoms with E-state index in [1.165, 1.54) is 12.8 Å². The third-order valence-electron chi connectivity index (χ3n) is 3.60. The molecule has 98 valence electrons. The van der Waals surface area contributed by atoms with Crippen LogP contribution in [0, 0.1) is 12.8 Å². The van der Waals surface area contributed by atoms with Crippen molar-refractivity contribution in [3.05, 3.63) is 53.9 Å². The molecule has 1 heterocycles. The Morgan fingerprint density at radius 1 is 1.21 bits per heavy atom. The molecule has 0 spiro atoms. The Balaban J connectivity index is 1.79. The van der Waals surface area contributed by atoms with Gasteiger partial charge in [0.05, 0.1) is 0 Å². The van der Waals surface area contributed by atoms with E-state index >= 15 is 0 Å². The van der Waals surface area contributed by atoms with Gasteiger partial charge < -0.3 is 9.88 Å². The van der Waals surface area contributed by atoms with Crippen LogP contribution in [0.1, 0.15) is 29.0 Å². The number of rotatable bonds is 4. The zero-order valence-corrected chi connectivity index (χ0v) is 11.1. The highest BCUT2D eigenvalue weighted by atomic mass is 16.1. The van der Waals surface area contributed by atoms with Crippen LogP contribution in [0.25, 0.3) is 0 Å². The second kappa shape index (κ2) is 4.92. The predicted octanol–water partition coefficient (Wildman–Crippen LogP) is 3.46. The van der Waals surface area contributed by atoms with Gasteiger partial charge in [-0.2, -0.15) is 0 Å². The van der Waals surface area contributed by atoms with Gasteiger partial charge in [0, 0.05) is 17.9 Å². The van der Waals surface area contributed by atoms with Crippen LogP contribution >= 0.6 is 0 Å². The van der Waals surface area contributed by atoms with E-state index in [-0.39, 0.29) is 5.91 Å². The third-order valence-corrected chi connectivity index (χ3v) is 3.60. The fraction of sp³-hybridized carbons (Fsp3) is 0.312. The molecule has 19 heavy (non-hydrogen) atoms. The number of hydrogen-bond acceptors (Lipinski definition) is 1. The lowest BCUT2D eigenvalue weighted by Gasteiger charge is -2.11. The number of para-hydroxylation sites is 1. The number of hydrogen-bond donors (Lipinski definition) is 1. The first kappa shape index (κ1) is 12.0. The fourth-order valence-corrected chi connectivity index (χ4v) is 2.29. The summed E-state index contributed by atoms with van der Waals surface area (Å²) in [6.07, 6.45) is 2.58. The molecule has 1 aliphatic rings. The number of carbonyl (C=O) groups is 1. The van der Waals surface area contributed by atoms with Gasteiger partial charge in [0.2, 0.25) is 0 Å². The number of amides is 1. The van der Waals surface area contributed by atoms with Gasteiger partial charge in [0.15, 0.2) is 0 Å². The van der Waals surface area contributed by atoms with E-state index in [0.29, 0.717) is 0 Å². The Kier molecular flexibility index (Phi) is 3.11. The maximum absolute atomic E-state index is 12.3. The Morgan fingerprint density at radius 2 is 1.95 bits per heavy atom. The van der Waals surface area contributed by atoms with E-state index in [1.54, 1.807) is 0 Å². The summed E-state index contributed by atoms with van der Waals surface area (Å²) >= 11 is 0. The molecular formula is C16H18N2O. The molecule has 1 aromatic heterocycles. The first-order valence-corrected chi connectivity index (χ1v) is 6.76. The van der Waals surface area contributed by atoms with E-state index in [4.69, 9.17) is 0 Å². The minimum absolute atomic E-state index is 0.0278. The summed E-state index contributed by atoms with van der Waals surface area (Å²) in [6, 6.07) is 13.5. The molecular weight excluding hydrogens is 236 g/mol. The maximum atomic E-state index is 12.3. The number of anilines is 1. The molecule has 1 aromatic carbocycles. The van der Waals surface area contributed by atoms with Crippen LogP contribution in [0.4, 0.5) is 5.69 Å². The summed E-state index contributed by atoms with van der Waals surface area (Å²) in [7, 11) is 0. The minimum Gasteiger partial charge on any atom is -0.341 e. The standard InChI is InChI=1S/C16H18N2O/c1-12-7-10-15(18(12)11-13-8-9-13)16(19)17-14-5-3-2-4-6-14/h2-7,10,13H,8-9,11H2,1H3,(H,17,19). The Labute approximate surface area is 113 Å².